The molecule has 228 valence electrons. The van der Waals surface area contributed by atoms with Gasteiger partial charge in [0.25, 0.3) is 0 Å². The summed E-state index contributed by atoms with van der Waals surface area (Å²) in [4.78, 5) is 13.7. The van der Waals surface area contributed by atoms with Crippen LogP contribution in [-0.2, 0) is 9.47 Å². The summed E-state index contributed by atoms with van der Waals surface area (Å²) in [5.41, 5.74) is -1.26. The second-order valence-electron chi connectivity index (χ2n) is 10.2. The van der Waals surface area contributed by atoms with Crippen molar-refractivity contribution in [2.45, 2.75) is 75.3 Å². The molecule has 2 aliphatic heterocycles. The summed E-state index contributed by atoms with van der Waals surface area (Å²) >= 11 is 0. The van der Waals surface area contributed by atoms with Crippen molar-refractivity contribution in [1.82, 2.24) is 0 Å². The van der Waals surface area contributed by atoms with Gasteiger partial charge in [-0.2, -0.15) is 0 Å². The van der Waals surface area contributed by atoms with Crippen LogP contribution in [-0.4, -0.2) is 107 Å². The number of phenolic OH excluding ortho intramolecular Hbond substituents is 3. The van der Waals surface area contributed by atoms with Gasteiger partial charge in [-0.15, -0.1) is 0 Å². The van der Waals surface area contributed by atoms with E-state index < -0.39 is 95.2 Å². The highest BCUT2D eigenvalue weighted by molar-refractivity contribution is 5.88. The second kappa shape index (κ2) is 11.2. The summed E-state index contributed by atoms with van der Waals surface area (Å²) in [6.45, 7) is 2.85. The van der Waals surface area contributed by atoms with E-state index in [4.69, 9.17) is 23.4 Å². The molecule has 3 aromatic rings. The maximum Gasteiger partial charge on any atom is 0.239 e. The molecule has 15 heteroatoms. The molecule has 0 aliphatic carbocycles. The number of rotatable bonds is 5. The van der Waals surface area contributed by atoms with E-state index in [2.05, 4.69) is 0 Å². The number of aliphatic hydroxyl groups is 6. The second-order valence-corrected chi connectivity index (χ2v) is 10.2. The average Bonchev–Trinajstić information content (AvgIpc) is 2.94. The number of ether oxygens (including phenoxy) is 4. The maximum absolute atomic E-state index is 13.7. The van der Waals surface area contributed by atoms with Crippen LogP contribution in [0.4, 0.5) is 0 Å². The van der Waals surface area contributed by atoms with Crippen LogP contribution in [0.5, 0.6) is 28.7 Å². The van der Waals surface area contributed by atoms with Gasteiger partial charge in [0.2, 0.25) is 23.8 Å². The molecule has 9 N–H and O–H groups in total. The molecule has 1 aromatic heterocycles. The Morgan fingerprint density at radius 2 is 1.24 bits per heavy atom. The number of hydrogen-bond donors (Lipinski definition) is 9. The van der Waals surface area contributed by atoms with Crippen LogP contribution in [0.3, 0.4) is 0 Å². The van der Waals surface area contributed by atoms with Crippen LogP contribution in [0.1, 0.15) is 13.8 Å². The molecule has 0 saturated carbocycles. The van der Waals surface area contributed by atoms with E-state index >= 15 is 0 Å². The highest BCUT2D eigenvalue weighted by atomic mass is 16.7. The first-order valence-electron chi connectivity index (χ1n) is 12.9. The largest absolute Gasteiger partial charge is 0.507 e. The highest BCUT2D eigenvalue weighted by Gasteiger charge is 2.45. The Morgan fingerprint density at radius 1 is 0.667 bits per heavy atom. The first-order chi connectivity index (χ1) is 19.8. The lowest BCUT2D eigenvalue weighted by atomic mass is 10.00. The minimum atomic E-state index is -1.81. The first-order valence-corrected chi connectivity index (χ1v) is 12.9. The van der Waals surface area contributed by atoms with Crippen LogP contribution in [0.2, 0.25) is 0 Å². The first kappa shape index (κ1) is 29.8. The fraction of sp³-hybridized carbons (Fsp3) is 0.444. The monoisotopic (exact) mass is 594 g/mol. The van der Waals surface area contributed by atoms with Crippen LogP contribution in [0.25, 0.3) is 22.3 Å². The molecular formula is C27H30O15. The zero-order valence-electron chi connectivity index (χ0n) is 22.1. The zero-order chi connectivity index (χ0) is 30.6. The standard InChI is InChI=1S/C27H30O15/c1-8-17(31)20(34)22(36)26(38-8)40-11-6-14(30)16-15(7-11)41-24(10-3-4-12(28)13(29)5-10)25(19(16)33)42-27-23(37)21(35)18(32)9(2)39-27/h3-9,17-18,20-23,26-32,34-37H,1-2H3/t8-,9+,17-,18+,20+,21-,22+,23-,26+,27+/m1/s1. The summed E-state index contributed by atoms with van der Waals surface area (Å²) in [6, 6.07) is 5.59. The lowest BCUT2D eigenvalue weighted by Crippen LogP contribution is -2.58. The molecule has 0 radical (unpaired) electrons. The summed E-state index contributed by atoms with van der Waals surface area (Å²) in [6.07, 6.45) is -14.7. The molecule has 5 rings (SSSR count). The molecule has 2 aromatic carbocycles. The predicted molar refractivity (Wildman–Crippen MR) is 139 cm³/mol. The molecular weight excluding hydrogens is 564 g/mol. The van der Waals surface area contributed by atoms with Gasteiger partial charge in [-0.05, 0) is 32.0 Å². The number of aromatic hydroxyl groups is 3. The lowest BCUT2D eigenvalue weighted by Gasteiger charge is -2.39. The van der Waals surface area contributed by atoms with E-state index in [1.165, 1.54) is 19.9 Å². The van der Waals surface area contributed by atoms with Crippen molar-refractivity contribution in [2.24, 2.45) is 0 Å². The molecule has 0 unspecified atom stereocenters. The van der Waals surface area contributed by atoms with Crippen molar-refractivity contribution in [1.29, 1.82) is 0 Å². The van der Waals surface area contributed by atoms with E-state index in [9.17, 15) is 50.8 Å². The third-order valence-corrected chi connectivity index (χ3v) is 7.25. The SMILES string of the molecule is C[C@@H]1O[C@@H](Oc2c(-c3ccc(O)c(O)c3)oc3cc(O[C@@H]4O[C@H](C)[C@@H](O)[C@H](O)[C@@H]4O)cc(O)c3c2=O)[C@H](O)[C@H](O)[C@H]1O. The average molecular weight is 595 g/mol. The lowest BCUT2D eigenvalue weighted by molar-refractivity contribution is -0.268. The van der Waals surface area contributed by atoms with Gasteiger partial charge in [0.05, 0.1) is 12.2 Å². The van der Waals surface area contributed by atoms with E-state index in [0.717, 1.165) is 24.3 Å². The van der Waals surface area contributed by atoms with E-state index in [1.54, 1.807) is 0 Å². The van der Waals surface area contributed by atoms with Gasteiger partial charge in [-0.25, -0.2) is 0 Å². The minimum Gasteiger partial charge on any atom is -0.507 e. The Labute approximate surface area is 236 Å². The molecule has 42 heavy (non-hydrogen) atoms. The molecule has 2 aliphatic rings. The number of hydrogen-bond acceptors (Lipinski definition) is 15. The summed E-state index contributed by atoms with van der Waals surface area (Å²) in [7, 11) is 0. The third kappa shape index (κ3) is 5.21. The van der Waals surface area contributed by atoms with Crippen molar-refractivity contribution in [2.75, 3.05) is 0 Å². The van der Waals surface area contributed by atoms with E-state index in [0.29, 0.717) is 0 Å². The minimum absolute atomic E-state index is 0.000938. The molecule has 15 nitrogen and oxygen atoms in total. The Bertz CT molecular complexity index is 1520. The topological polar surface area (TPSA) is 249 Å². The smallest absolute Gasteiger partial charge is 0.239 e. The molecule has 2 saturated heterocycles. The van der Waals surface area contributed by atoms with Gasteiger partial charge in [0.1, 0.15) is 59.1 Å². The van der Waals surface area contributed by atoms with Crippen molar-refractivity contribution < 1.29 is 69.3 Å². The maximum atomic E-state index is 13.7. The number of aliphatic hydroxyl groups excluding tert-OH is 6. The molecule has 0 amide bonds. The Kier molecular flexibility index (Phi) is 7.95. The molecule has 0 spiro atoms. The van der Waals surface area contributed by atoms with Crippen LogP contribution >= 0.6 is 0 Å². The molecule has 10 atom stereocenters. The van der Waals surface area contributed by atoms with Crippen molar-refractivity contribution >= 4 is 11.0 Å². The molecule has 0 bridgehead atoms. The summed E-state index contributed by atoms with van der Waals surface area (Å²) in [5, 5.41) is 91.2. The zero-order valence-corrected chi connectivity index (χ0v) is 22.1. The van der Waals surface area contributed by atoms with Crippen LogP contribution in [0, 0.1) is 0 Å². The van der Waals surface area contributed by atoms with Crippen LogP contribution < -0.4 is 14.9 Å². The predicted octanol–water partition coefficient (Wildman–Crippen LogP) is -1.01. The Hall–Kier alpha value is -3.67. The van der Waals surface area contributed by atoms with Crippen molar-refractivity contribution in [3.63, 3.8) is 0 Å². The van der Waals surface area contributed by atoms with Crippen LogP contribution in [0.15, 0.2) is 39.5 Å². The number of fused-ring (bicyclic) bond motifs is 1. The van der Waals surface area contributed by atoms with Gasteiger partial charge in [0.15, 0.2) is 17.3 Å². The third-order valence-electron chi connectivity index (χ3n) is 7.25. The van der Waals surface area contributed by atoms with Crippen molar-refractivity contribution in [3.8, 4) is 40.1 Å². The van der Waals surface area contributed by atoms with Gasteiger partial charge < -0.3 is 69.3 Å². The summed E-state index contributed by atoms with van der Waals surface area (Å²) in [5.74, 6) is -2.89. The fourth-order valence-electron chi connectivity index (χ4n) is 4.76. The quantitative estimate of drug-likeness (QED) is 0.161. The van der Waals surface area contributed by atoms with Gasteiger partial charge >= 0.3 is 0 Å². The molecule has 3 heterocycles. The Morgan fingerprint density at radius 3 is 1.81 bits per heavy atom. The van der Waals surface area contributed by atoms with Gasteiger partial charge in [-0.1, -0.05) is 0 Å². The number of benzene rings is 2. The fourth-order valence-corrected chi connectivity index (χ4v) is 4.76. The molecule has 2 fully saturated rings. The van der Waals surface area contributed by atoms with E-state index in [1.807, 2.05) is 0 Å². The summed E-state index contributed by atoms with van der Waals surface area (Å²) < 4.78 is 28.0. The number of phenols is 3. The van der Waals surface area contributed by atoms with Gasteiger partial charge in [0, 0.05) is 17.7 Å². The van der Waals surface area contributed by atoms with Crippen molar-refractivity contribution in [3.05, 3.63) is 40.6 Å². The van der Waals surface area contributed by atoms with E-state index in [-0.39, 0.29) is 22.7 Å². The van der Waals surface area contributed by atoms with Gasteiger partial charge in [-0.3, -0.25) is 4.79 Å². The Balaban J connectivity index is 1.61. The highest BCUT2D eigenvalue weighted by Crippen LogP contribution is 2.40. The normalized spacial score (nSPS) is 33.4.